The maximum absolute atomic E-state index is 12.7. The van der Waals surface area contributed by atoms with E-state index in [2.05, 4.69) is 0 Å². The Morgan fingerprint density at radius 1 is 0.538 bits per heavy atom. The summed E-state index contributed by atoms with van der Waals surface area (Å²) in [7, 11) is 4.54. The predicted octanol–water partition coefficient (Wildman–Crippen LogP) is 3.74. The maximum Gasteiger partial charge on any atom is 0.310 e. The van der Waals surface area contributed by atoms with E-state index in [1.165, 1.54) is 21.3 Å². The first kappa shape index (κ1) is 29.0. The largest absolute Gasteiger partial charge is 0.496 e. The lowest BCUT2D eigenvalue weighted by Crippen LogP contribution is -2.32. The zero-order valence-electron chi connectivity index (χ0n) is 22.2. The van der Waals surface area contributed by atoms with Gasteiger partial charge in [0.05, 0.1) is 40.6 Å². The van der Waals surface area contributed by atoms with Crippen molar-refractivity contribution in [3.05, 3.63) is 89.5 Å². The number of para-hydroxylation sites is 3. The van der Waals surface area contributed by atoms with Gasteiger partial charge in [0.15, 0.2) is 6.10 Å². The molecule has 0 N–H and O–H groups in total. The molecule has 206 valence electrons. The number of carbonyl (C=O) groups is 3. The van der Waals surface area contributed by atoms with E-state index < -0.39 is 24.0 Å². The molecule has 9 nitrogen and oxygen atoms in total. The Balaban J connectivity index is 1.63. The van der Waals surface area contributed by atoms with Gasteiger partial charge in [0.1, 0.15) is 30.5 Å². The van der Waals surface area contributed by atoms with E-state index in [4.69, 9.17) is 28.4 Å². The number of rotatable bonds is 14. The lowest BCUT2D eigenvalue weighted by Gasteiger charge is -2.19. The summed E-state index contributed by atoms with van der Waals surface area (Å²) < 4.78 is 32.2. The third kappa shape index (κ3) is 9.07. The molecular weight excluding hydrogens is 504 g/mol. The number of benzene rings is 3. The van der Waals surface area contributed by atoms with Gasteiger partial charge in [0.2, 0.25) is 0 Å². The van der Waals surface area contributed by atoms with Gasteiger partial charge in [-0.1, -0.05) is 54.6 Å². The third-order valence-corrected chi connectivity index (χ3v) is 5.74. The van der Waals surface area contributed by atoms with Crippen LogP contribution in [0.15, 0.2) is 72.8 Å². The van der Waals surface area contributed by atoms with Crippen molar-refractivity contribution in [2.75, 3.05) is 34.5 Å². The Morgan fingerprint density at radius 3 is 1.23 bits per heavy atom. The first-order valence-corrected chi connectivity index (χ1v) is 12.3. The van der Waals surface area contributed by atoms with Gasteiger partial charge in [-0.2, -0.15) is 0 Å². The molecule has 0 saturated heterocycles. The molecule has 9 heteroatoms. The highest BCUT2D eigenvalue weighted by Crippen LogP contribution is 2.20. The Morgan fingerprint density at radius 2 is 0.872 bits per heavy atom. The van der Waals surface area contributed by atoms with Crippen LogP contribution in [0.5, 0.6) is 17.2 Å². The van der Waals surface area contributed by atoms with Crippen molar-refractivity contribution in [3.63, 3.8) is 0 Å². The van der Waals surface area contributed by atoms with Crippen molar-refractivity contribution in [2.45, 2.75) is 25.4 Å². The smallest absolute Gasteiger partial charge is 0.310 e. The normalized spacial score (nSPS) is 10.5. The van der Waals surface area contributed by atoms with Gasteiger partial charge >= 0.3 is 17.9 Å². The fourth-order valence-corrected chi connectivity index (χ4v) is 3.83. The summed E-state index contributed by atoms with van der Waals surface area (Å²) in [6, 6.07) is 21.2. The van der Waals surface area contributed by atoms with Crippen LogP contribution < -0.4 is 14.2 Å². The summed E-state index contributed by atoms with van der Waals surface area (Å²) in [5, 5.41) is 0. The molecule has 0 saturated carbocycles. The van der Waals surface area contributed by atoms with Crippen LogP contribution in [0.3, 0.4) is 0 Å². The van der Waals surface area contributed by atoms with Crippen molar-refractivity contribution < 1.29 is 42.8 Å². The van der Waals surface area contributed by atoms with Crippen molar-refractivity contribution in [1.29, 1.82) is 0 Å². The number of ether oxygens (including phenoxy) is 6. The molecule has 0 amide bonds. The minimum atomic E-state index is -1.02. The summed E-state index contributed by atoms with van der Waals surface area (Å²) in [6.07, 6.45) is -1.18. The quantitative estimate of drug-likeness (QED) is 0.225. The van der Waals surface area contributed by atoms with E-state index >= 15 is 0 Å². The van der Waals surface area contributed by atoms with E-state index in [0.29, 0.717) is 33.9 Å². The summed E-state index contributed by atoms with van der Waals surface area (Å²) in [5.41, 5.74) is 1.93. The Labute approximate surface area is 227 Å². The predicted molar refractivity (Wildman–Crippen MR) is 142 cm³/mol. The number of hydrogen-bond donors (Lipinski definition) is 0. The molecule has 0 aliphatic rings. The van der Waals surface area contributed by atoms with Gasteiger partial charge < -0.3 is 28.4 Å². The summed E-state index contributed by atoms with van der Waals surface area (Å²) in [6.45, 7) is -0.596. The molecule has 0 bridgehead atoms. The molecular formula is C30H32O9. The lowest BCUT2D eigenvalue weighted by molar-refractivity contribution is -0.166. The van der Waals surface area contributed by atoms with E-state index in [1.54, 1.807) is 72.8 Å². The first-order valence-electron chi connectivity index (χ1n) is 12.3. The highest BCUT2D eigenvalue weighted by molar-refractivity contribution is 5.75. The van der Waals surface area contributed by atoms with Crippen LogP contribution in [0.25, 0.3) is 0 Å². The molecule has 0 aliphatic heterocycles. The Hall–Kier alpha value is -4.53. The van der Waals surface area contributed by atoms with Crippen molar-refractivity contribution >= 4 is 17.9 Å². The average molecular weight is 537 g/mol. The molecule has 39 heavy (non-hydrogen) atoms. The van der Waals surface area contributed by atoms with Gasteiger partial charge in [-0.25, -0.2) is 0 Å². The molecule has 0 radical (unpaired) electrons. The third-order valence-electron chi connectivity index (χ3n) is 5.74. The summed E-state index contributed by atoms with van der Waals surface area (Å²) >= 11 is 0. The van der Waals surface area contributed by atoms with Gasteiger partial charge in [-0.05, 0) is 18.2 Å². The molecule has 0 spiro atoms. The van der Waals surface area contributed by atoms with Crippen LogP contribution in [0.4, 0.5) is 0 Å². The molecule has 0 aliphatic carbocycles. The first-order chi connectivity index (χ1) is 18.9. The molecule has 0 heterocycles. The standard InChI is InChI=1S/C30H32O9/c1-34-25-13-7-4-10-21(25)16-28(31)37-19-24(39-30(33)18-23-12-6-9-15-27(23)36-3)20-38-29(32)17-22-11-5-8-14-26(22)35-2/h4-15,24H,16-20H2,1-3H3. The second-order valence-corrected chi connectivity index (χ2v) is 8.44. The summed E-state index contributed by atoms with van der Waals surface area (Å²) in [5.74, 6) is -0.0428. The molecule has 0 unspecified atom stereocenters. The lowest BCUT2D eigenvalue weighted by atomic mass is 10.1. The second-order valence-electron chi connectivity index (χ2n) is 8.44. The number of methoxy groups -OCH3 is 3. The van der Waals surface area contributed by atoms with E-state index in [9.17, 15) is 14.4 Å². The SMILES string of the molecule is COc1ccccc1CC(=O)OCC(COC(=O)Cc1ccccc1OC)OC(=O)Cc1ccccc1OC. The van der Waals surface area contributed by atoms with Crippen molar-refractivity contribution in [2.24, 2.45) is 0 Å². The highest BCUT2D eigenvalue weighted by Gasteiger charge is 2.22. The molecule has 3 aromatic carbocycles. The number of esters is 3. The molecule has 3 rings (SSSR count). The fourth-order valence-electron chi connectivity index (χ4n) is 3.83. The zero-order chi connectivity index (χ0) is 28.0. The summed E-state index contributed by atoms with van der Waals surface area (Å²) in [4.78, 5) is 37.8. The topological polar surface area (TPSA) is 107 Å². The molecule has 0 aromatic heterocycles. The van der Waals surface area contributed by atoms with Crippen LogP contribution >= 0.6 is 0 Å². The van der Waals surface area contributed by atoms with Crippen LogP contribution in [0.2, 0.25) is 0 Å². The van der Waals surface area contributed by atoms with E-state index in [1.807, 2.05) is 0 Å². The average Bonchev–Trinajstić information content (AvgIpc) is 2.95. The second kappa shape index (κ2) is 15.0. The van der Waals surface area contributed by atoms with Gasteiger partial charge in [0.25, 0.3) is 0 Å². The maximum atomic E-state index is 12.7. The molecule has 0 atom stereocenters. The van der Waals surface area contributed by atoms with Crippen LogP contribution in [-0.2, 0) is 47.9 Å². The van der Waals surface area contributed by atoms with E-state index in [-0.39, 0.29) is 32.5 Å². The zero-order valence-corrected chi connectivity index (χ0v) is 22.2. The van der Waals surface area contributed by atoms with Crippen molar-refractivity contribution in [1.82, 2.24) is 0 Å². The number of carbonyl (C=O) groups excluding carboxylic acids is 3. The van der Waals surface area contributed by atoms with Gasteiger partial charge in [-0.3, -0.25) is 14.4 Å². The minimum Gasteiger partial charge on any atom is -0.496 e. The van der Waals surface area contributed by atoms with Gasteiger partial charge in [0, 0.05) is 16.7 Å². The van der Waals surface area contributed by atoms with Crippen LogP contribution in [-0.4, -0.2) is 58.6 Å². The Kier molecular flexibility index (Phi) is 11.2. The number of hydrogen-bond acceptors (Lipinski definition) is 9. The minimum absolute atomic E-state index is 0.0422. The van der Waals surface area contributed by atoms with Crippen LogP contribution in [0, 0.1) is 0 Å². The van der Waals surface area contributed by atoms with E-state index in [0.717, 1.165) is 0 Å². The van der Waals surface area contributed by atoms with Crippen molar-refractivity contribution in [3.8, 4) is 17.2 Å². The fraction of sp³-hybridized carbons (Fsp3) is 0.300. The van der Waals surface area contributed by atoms with Gasteiger partial charge in [-0.15, -0.1) is 0 Å². The Bertz CT molecular complexity index is 1190. The molecule has 3 aromatic rings. The van der Waals surface area contributed by atoms with Crippen LogP contribution in [0.1, 0.15) is 16.7 Å². The molecule has 0 fully saturated rings. The monoisotopic (exact) mass is 536 g/mol. The highest BCUT2D eigenvalue weighted by atomic mass is 16.6.